The highest BCUT2D eigenvalue weighted by Crippen LogP contribution is 2.37. The third-order valence-corrected chi connectivity index (χ3v) is 3.33. The van der Waals surface area contributed by atoms with Gasteiger partial charge in [-0.1, -0.05) is 37.3 Å². The third kappa shape index (κ3) is 2.92. The Balaban J connectivity index is 1.83. The SMILES string of the molecule is CC1CC1CN(C)CC(=O)c1ccccc1. The van der Waals surface area contributed by atoms with Crippen LogP contribution in [0.2, 0.25) is 0 Å². The summed E-state index contributed by atoms with van der Waals surface area (Å²) < 4.78 is 0. The molecule has 2 heteroatoms. The van der Waals surface area contributed by atoms with Crippen molar-refractivity contribution in [3.05, 3.63) is 35.9 Å². The Kier molecular flexibility index (Phi) is 3.39. The number of carbonyl (C=O) groups is 1. The summed E-state index contributed by atoms with van der Waals surface area (Å²) in [6, 6.07) is 9.53. The standard InChI is InChI=1S/C14H19NO/c1-11-8-13(11)9-15(2)10-14(16)12-6-4-3-5-7-12/h3-7,11,13H,8-10H2,1-2H3. The molecule has 1 aromatic rings. The molecule has 0 radical (unpaired) electrons. The lowest BCUT2D eigenvalue weighted by atomic mass is 10.1. The zero-order chi connectivity index (χ0) is 11.5. The lowest BCUT2D eigenvalue weighted by Crippen LogP contribution is -2.28. The number of Topliss-reactive ketones (excluding diaryl/α,β-unsaturated/α-hetero) is 1. The van der Waals surface area contributed by atoms with Crippen LogP contribution < -0.4 is 0 Å². The molecule has 1 aliphatic carbocycles. The van der Waals surface area contributed by atoms with E-state index in [0.717, 1.165) is 23.9 Å². The first-order valence-corrected chi connectivity index (χ1v) is 5.93. The monoisotopic (exact) mass is 217 g/mol. The zero-order valence-electron chi connectivity index (χ0n) is 10.0. The molecule has 2 nitrogen and oxygen atoms in total. The first-order chi connectivity index (χ1) is 7.66. The van der Waals surface area contributed by atoms with Crippen LogP contribution in [0.1, 0.15) is 23.7 Å². The Labute approximate surface area is 97.3 Å². The van der Waals surface area contributed by atoms with Crippen LogP contribution in [0.15, 0.2) is 30.3 Å². The van der Waals surface area contributed by atoms with E-state index in [4.69, 9.17) is 0 Å². The molecule has 0 aromatic heterocycles. The lowest BCUT2D eigenvalue weighted by Gasteiger charge is -2.15. The Morgan fingerprint density at radius 2 is 2.00 bits per heavy atom. The average molecular weight is 217 g/mol. The van der Waals surface area contributed by atoms with E-state index in [9.17, 15) is 4.79 Å². The van der Waals surface area contributed by atoms with Gasteiger partial charge in [-0.25, -0.2) is 0 Å². The van der Waals surface area contributed by atoms with E-state index in [1.54, 1.807) is 0 Å². The number of rotatable bonds is 5. The van der Waals surface area contributed by atoms with Crippen LogP contribution in [0.3, 0.4) is 0 Å². The molecule has 1 aliphatic rings. The fourth-order valence-corrected chi connectivity index (χ4v) is 2.08. The van der Waals surface area contributed by atoms with E-state index < -0.39 is 0 Å². The largest absolute Gasteiger partial charge is 0.299 e. The predicted octanol–water partition coefficient (Wildman–Crippen LogP) is 2.46. The van der Waals surface area contributed by atoms with Crippen molar-refractivity contribution < 1.29 is 4.79 Å². The number of carbonyl (C=O) groups excluding carboxylic acids is 1. The van der Waals surface area contributed by atoms with E-state index in [1.807, 2.05) is 37.4 Å². The van der Waals surface area contributed by atoms with Crippen molar-refractivity contribution in [1.29, 1.82) is 0 Å². The van der Waals surface area contributed by atoms with Gasteiger partial charge in [0, 0.05) is 12.1 Å². The molecule has 1 saturated carbocycles. The molecule has 0 aliphatic heterocycles. The minimum absolute atomic E-state index is 0.219. The van der Waals surface area contributed by atoms with Gasteiger partial charge in [0.15, 0.2) is 5.78 Å². The predicted molar refractivity (Wildman–Crippen MR) is 65.5 cm³/mol. The average Bonchev–Trinajstić information content (AvgIpc) is 2.95. The van der Waals surface area contributed by atoms with Crippen LogP contribution in [0.25, 0.3) is 0 Å². The number of ketones is 1. The molecule has 2 unspecified atom stereocenters. The molecule has 1 fully saturated rings. The number of likely N-dealkylation sites (N-methyl/N-ethyl adjacent to an activating group) is 1. The van der Waals surface area contributed by atoms with Gasteiger partial charge in [0.25, 0.3) is 0 Å². The fraction of sp³-hybridized carbons (Fsp3) is 0.500. The summed E-state index contributed by atoms with van der Waals surface area (Å²) in [5.41, 5.74) is 0.818. The fourth-order valence-electron chi connectivity index (χ4n) is 2.08. The minimum Gasteiger partial charge on any atom is -0.299 e. The summed E-state index contributed by atoms with van der Waals surface area (Å²) in [6.45, 7) is 3.87. The first-order valence-electron chi connectivity index (χ1n) is 5.93. The Hall–Kier alpha value is -1.15. The maximum absolute atomic E-state index is 11.9. The smallest absolute Gasteiger partial charge is 0.176 e. The summed E-state index contributed by atoms with van der Waals surface area (Å²) in [7, 11) is 2.03. The van der Waals surface area contributed by atoms with Crippen molar-refractivity contribution in [1.82, 2.24) is 4.90 Å². The number of hydrogen-bond donors (Lipinski definition) is 0. The zero-order valence-corrected chi connectivity index (χ0v) is 10.0. The highest BCUT2D eigenvalue weighted by Gasteiger charge is 2.33. The van der Waals surface area contributed by atoms with Crippen molar-refractivity contribution in [2.24, 2.45) is 11.8 Å². The van der Waals surface area contributed by atoms with Gasteiger partial charge in [-0.15, -0.1) is 0 Å². The summed E-state index contributed by atoms with van der Waals surface area (Å²) in [4.78, 5) is 14.0. The van der Waals surface area contributed by atoms with Gasteiger partial charge in [-0.3, -0.25) is 9.69 Å². The van der Waals surface area contributed by atoms with Crippen LogP contribution in [-0.4, -0.2) is 30.8 Å². The molecule has 0 N–H and O–H groups in total. The molecule has 1 aromatic carbocycles. The van der Waals surface area contributed by atoms with Crippen molar-refractivity contribution in [3.63, 3.8) is 0 Å². The van der Waals surface area contributed by atoms with Gasteiger partial charge < -0.3 is 0 Å². The third-order valence-electron chi connectivity index (χ3n) is 3.33. The van der Waals surface area contributed by atoms with E-state index >= 15 is 0 Å². The highest BCUT2D eigenvalue weighted by atomic mass is 16.1. The summed E-state index contributed by atoms with van der Waals surface area (Å²) >= 11 is 0. The molecular formula is C14H19NO. The van der Waals surface area contributed by atoms with Gasteiger partial charge in [0.2, 0.25) is 0 Å². The summed E-state index contributed by atoms with van der Waals surface area (Å²) in [5, 5.41) is 0. The van der Waals surface area contributed by atoms with E-state index in [2.05, 4.69) is 11.8 Å². The van der Waals surface area contributed by atoms with E-state index in [0.29, 0.717) is 6.54 Å². The second kappa shape index (κ2) is 4.79. The molecule has 0 heterocycles. The van der Waals surface area contributed by atoms with Crippen LogP contribution in [0.4, 0.5) is 0 Å². The normalized spacial score (nSPS) is 23.4. The molecule has 16 heavy (non-hydrogen) atoms. The minimum atomic E-state index is 0.219. The molecule has 86 valence electrons. The summed E-state index contributed by atoms with van der Waals surface area (Å²) in [6.07, 6.45) is 1.32. The number of nitrogens with zero attached hydrogens (tertiary/aromatic N) is 1. The number of hydrogen-bond acceptors (Lipinski definition) is 2. The Bertz CT molecular complexity index is 360. The van der Waals surface area contributed by atoms with Crippen molar-refractivity contribution in [2.45, 2.75) is 13.3 Å². The van der Waals surface area contributed by atoms with Crippen molar-refractivity contribution in [3.8, 4) is 0 Å². The van der Waals surface area contributed by atoms with E-state index in [-0.39, 0.29) is 5.78 Å². The van der Waals surface area contributed by atoms with Gasteiger partial charge in [0.1, 0.15) is 0 Å². The summed E-state index contributed by atoms with van der Waals surface area (Å²) in [5.74, 6) is 1.89. The molecule has 0 saturated heterocycles. The van der Waals surface area contributed by atoms with Gasteiger partial charge >= 0.3 is 0 Å². The van der Waals surface area contributed by atoms with E-state index in [1.165, 1.54) is 6.42 Å². The van der Waals surface area contributed by atoms with Crippen LogP contribution >= 0.6 is 0 Å². The van der Waals surface area contributed by atoms with Crippen LogP contribution in [0.5, 0.6) is 0 Å². The van der Waals surface area contributed by atoms with Gasteiger partial charge in [-0.05, 0) is 25.3 Å². The van der Waals surface area contributed by atoms with Gasteiger partial charge in [0.05, 0.1) is 6.54 Å². The maximum Gasteiger partial charge on any atom is 0.176 e. The second-order valence-electron chi connectivity index (χ2n) is 4.96. The molecule has 2 atom stereocenters. The quantitative estimate of drug-likeness (QED) is 0.706. The van der Waals surface area contributed by atoms with Crippen LogP contribution in [-0.2, 0) is 0 Å². The molecular weight excluding hydrogens is 198 g/mol. The Morgan fingerprint density at radius 1 is 1.38 bits per heavy atom. The van der Waals surface area contributed by atoms with Crippen molar-refractivity contribution >= 4 is 5.78 Å². The van der Waals surface area contributed by atoms with Crippen LogP contribution in [0, 0.1) is 11.8 Å². The molecule has 0 spiro atoms. The second-order valence-corrected chi connectivity index (χ2v) is 4.96. The van der Waals surface area contributed by atoms with Gasteiger partial charge in [-0.2, -0.15) is 0 Å². The Morgan fingerprint density at radius 3 is 2.56 bits per heavy atom. The topological polar surface area (TPSA) is 20.3 Å². The maximum atomic E-state index is 11.9. The molecule has 0 amide bonds. The molecule has 2 rings (SSSR count). The highest BCUT2D eigenvalue weighted by molar-refractivity contribution is 5.97. The molecule has 0 bridgehead atoms. The van der Waals surface area contributed by atoms with Crippen molar-refractivity contribution in [2.75, 3.05) is 20.1 Å². The lowest BCUT2D eigenvalue weighted by molar-refractivity contribution is 0.0943. The number of benzene rings is 1. The first kappa shape index (κ1) is 11.3.